The largest absolute Gasteiger partial charge is 0.491 e. The Hall–Kier alpha value is -2.65. The Balaban J connectivity index is 1.87. The highest BCUT2D eigenvalue weighted by Gasteiger charge is 2.27. The number of hydrogen-bond acceptors (Lipinski definition) is 8. The molecule has 2 rings (SSSR count). The van der Waals surface area contributed by atoms with Crippen LogP contribution in [0.5, 0.6) is 11.5 Å². The lowest BCUT2D eigenvalue weighted by Gasteiger charge is -2.16. The molecule has 1 saturated heterocycles. The Labute approximate surface area is 190 Å². The maximum absolute atomic E-state index is 12.0. The van der Waals surface area contributed by atoms with Crippen LogP contribution < -0.4 is 9.47 Å². The number of halogens is 1. The number of thioether (sulfide) groups is 1. The van der Waals surface area contributed by atoms with Gasteiger partial charge in [0.25, 0.3) is 0 Å². The number of benzene rings is 1. The smallest absolute Gasteiger partial charge is 0.333 e. The summed E-state index contributed by atoms with van der Waals surface area (Å²) in [4.78, 5) is 36.8. The number of nitrogens with zero attached hydrogens (tertiary/aromatic N) is 1. The van der Waals surface area contributed by atoms with Crippen LogP contribution >= 0.6 is 23.4 Å². The average molecular weight is 470 g/mol. The third-order valence-electron chi connectivity index (χ3n) is 4.07. The van der Waals surface area contributed by atoms with Crippen LogP contribution in [-0.4, -0.2) is 62.5 Å². The predicted molar refractivity (Wildman–Crippen MR) is 118 cm³/mol. The molecular formula is C21H24ClNO7S. The second-order valence-electron chi connectivity index (χ2n) is 6.16. The van der Waals surface area contributed by atoms with Gasteiger partial charge < -0.3 is 23.8 Å². The number of esters is 2. The Morgan fingerprint density at radius 2 is 2.03 bits per heavy atom. The predicted octanol–water partition coefficient (Wildman–Crippen LogP) is 3.28. The summed E-state index contributed by atoms with van der Waals surface area (Å²) in [6.07, 6.45) is 4.55. The minimum absolute atomic E-state index is 0.104. The quantitative estimate of drug-likeness (QED) is 0.293. The number of amides is 1. The highest BCUT2D eigenvalue weighted by atomic mass is 35.5. The van der Waals surface area contributed by atoms with Crippen molar-refractivity contribution in [2.45, 2.75) is 13.3 Å². The number of methoxy groups -OCH3 is 2. The van der Waals surface area contributed by atoms with Crippen LogP contribution in [0.15, 0.2) is 29.3 Å². The van der Waals surface area contributed by atoms with E-state index in [0.29, 0.717) is 46.7 Å². The van der Waals surface area contributed by atoms with Gasteiger partial charge in [0, 0.05) is 12.6 Å². The van der Waals surface area contributed by atoms with Crippen LogP contribution in [0, 0.1) is 0 Å². The summed E-state index contributed by atoms with van der Waals surface area (Å²) in [6, 6.07) is 3.36. The number of hydrogen-bond donors (Lipinski definition) is 0. The molecule has 31 heavy (non-hydrogen) atoms. The Bertz CT molecular complexity index is 885. The molecular weight excluding hydrogens is 446 g/mol. The molecule has 10 heteroatoms. The molecule has 1 aliphatic heterocycles. The summed E-state index contributed by atoms with van der Waals surface area (Å²) in [5.74, 6) is 0.0162. The van der Waals surface area contributed by atoms with Crippen LogP contribution in [0.3, 0.4) is 0 Å². The van der Waals surface area contributed by atoms with E-state index in [2.05, 4.69) is 4.74 Å². The number of carbonyl (C=O) groups excluding carboxylic acids is 3. The molecule has 1 heterocycles. The number of rotatable bonds is 10. The standard InChI is InChI=1S/C21H24ClNO7S/c1-4-29-16-11-14(10-15(22)21(16)28-3)6-7-19(25)30-9-5-8-23-17(24)13-31-18(23)12-20(26)27-2/h6-7,10-12H,4-5,8-9,13H2,1-3H3/b7-6+,18-12-. The second kappa shape index (κ2) is 12.3. The average Bonchev–Trinajstić information content (AvgIpc) is 3.08. The molecule has 0 aromatic heterocycles. The van der Waals surface area contributed by atoms with Crippen LogP contribution in [0.4, 0.5) is 0 Å². The summed E-state index contributed by atoms with van der Waals surface area (Å²) in [5.41, 5.74) is 0.656. The van der Waals surface area contributed by atoms with E-state index in [4.69, 9.17) is 25.8 Å². The third-order valence-corrected chi connectivity index (χ3v) is 5.38. The van der Waals surface area contributed by atoms with Gasteiger partial charge in [-0.05, 0) is 37.1 Å². The summed E-state index contributed by atoms with van der Waals surface area (Å²) in [5, 5.41) is 0.898. The molecule has 0 saturated carbocycles. The van der Waals surface area contributed by atoms with Crippen molar-refractivity contribution in [1.29, 1.82) is 0 Å². The van der Waals surface area contributed by atoms with Gasteiger partial charge in [-0.3, -0.25) is 4.79 Å². The molecule has 1 amide bonds. The van der Waals surface area contributed by atoms with Gasteiger partial charge in [0.05, 0.1) is 49.3 Å². The zero-order chi connectivity index (χ0) is 22.8. The lowest BCUT2D eigenvalue weighted by atomic mass is 10.2. The van der Waals surface area contributed by atoms with E-state index in [1.807, 2.05) is 6.92 Å². The van der Waals surface area contributed by atoms with Crippen LogP contribution in [0.25, 0.3) is 6.08 Å². The highest BCUT2D eigenvalue weighted by molar-refractivity contribution is 8.04. The molecule has 0 N–H and O–H groups in total. The molecule has 1 aromatic carbocycles. The van der Waals surface area contributed by atoms with Crippen molar-refractivity contribution in [2.24, 2.45) is 0 Å². The molecule has 1 aliphatic rings. The molecule has 1 aromatic rings. The summed E-state index contributed by atoms with van der Waals surface area (Å²) in [7, 11) is 2.77. The summed E-state index contributed by atoms with van der Waals surface area (Å²) < 4.78 is 20.5. The van der Waals surface area contributed by atoms with E-state index in [1.165, 1.54) is 43.0 Å². The van der Waals surface area contributed by atoms with E-state index < -0.39 is 11.9 Å². The van der Waals surface area contributed by atoms with E-state index in [-0.39, 0.29) is 18.3 Å². The van der Waals surface area contributed by atoms with Crippen molar-refractivity contribution < 1.29 is 33.3 Å². The Kier molecular flexibility index (Phi) is 9.74. The van der Waals surface area contributed by atoms with Crippen molar-refractivity contribution >= 4 is 47.3 Å². The van der Waals surface area contributed by atoms with Gasteiger partial charge >= 0.3 is 11.9 Å². The monoisotopic (exact) mass is 469 g/mol. The molecule has 0 spiro atoms. The first-order chi connectivity index (χ1) is 14.9. The second-order valence-corrected chi connectivity index (χ2v) is 7.56. The molecule has 0 atom stereocenters. The maximum Gasteiger partial charge on any atom is 0.333 e. The maximum atomic E-state index is 12.0. The van der Waals surface area contributed by atoms with Crippen LogP contribution in [0.2, 0.25) is 5.02 Å². The van der Waals surface area contributed by atoms with Crippen LogP contribution in [-0.2, 0) is 23.9 Å². The van der Waals surface area contributed by atoms with Gasteiger partial charge in [0.2, 0.25) is 5.91 Å². The van der Waals surface area contributed by atoms with Gasteiger partial charge in [-0.2, -0.15) is 0 Å². The van der Waals surface area contributed by atoms with Gasteiger partial charge in [-0.1, -0.05) is 23.4 Å². The van der Waals surface area contributed by atoms with Crippen LogP contribution in [0.1, 0.15) is 18.9 Å². The zero-order valence-corrected chi connectivity index (χ0v) is 19.1. The van der Waals surface area contributed by atoms with E-state index in [1.54, 1.807) is 18.2 Å². The fraction of sp³-hybridized carbons (Fsp3) is 0.381. The summed E-state index contributed by atoms with van der Waals surface area (Å²) in [6.45, 7) is 2.74. The molecule has 1 fully saturated rings. The lowest BCUT2D eigenvalue weighted by molar-refractivity contribution is -0.138. The normalized spacial score (nSPS) is 14.9. The Morgan fingerprint density at radius 3 is 2.71 bits per heavy atom. The van der Waals surface area contributed by atoms with Crippen molar-refractivity contribution in [3.63, 3.8) is 0 Å². The van der Waals surface area contributed by atoms with Gasteiger partial charge in [0.15, 0.2) is 11.5 Å². The number of ether oxygens (including phenoxy) is 4. The zero-order valence-electron chi connectivity index (χ0n) is 17.5. The minimum Gasteiger partial charge on any atom is -0.491 e. The van der Waals surface area contributed by atoms with Crippen molar-refractivity contribution in [3.05, 3.63) is 39.9 Å². The van der Waals surface area contributed by atoms with E-state index in [0.717, 1.165) is 0 Å². The fourth-order valence-electron chi connectivity index (χ4n) is 2.68. The first-order valence-corrected chi connectivity index (χ1v) is 10.8. The molecule has 0 unspecified atom stereocenters. The molecule has 0 bridgehead atoms. The third kappa shape index (κ3) is 7.22. The molecule has 0 aliphatic carbocycles. The lowest BCUT2D eigenvalue weighted by Crippen LogP contribution is -2.27. The first kappa shape index (κ1) is 24.6. The topological polar surface area (TPSA) is 91.4 Å². The molecule has 8 nitrogen and oxygen atoms in total. The van der Waals surface area contributed by atoms with Gasteiger partial charge in [-0.15, -0.1) is 0 Å². The Morgan fingerprint density at radius 1 is 1.26 bits per heavy atom. The van der Waals surface area contributed by atoms with E-state index in [9.17, 15) is 14.4 Å². The molecule has 0 radical (unpaired) electrons. The van der Waals surface area contributed by atoms with Crippen molar-refractivity contribution in [3.8, 4) is 11.5 Å². The van der Waals surface area contributed by atoms with Gasteiger partial charge in [0.1, 0.15) is 0 Å². The highest BCUT2D eigenvalue weighted by Crippen LogP contribution is 2.36. The SMILES string of the molecule is CCOc1cc(/C=C/C(=O)OCCCN2C(=O)CS/C2=C\C(=O)OC)cc(Cl)c1OC. The van der Waals surface area contributed by atoms with Gasteiger partial charge in [-0.25, -0.2) is 9.59 Å². The fourth-order valence-corrected chi connectivity index (χ4v) is 3.93. The number of carbonyl (C=O) groups is 3. The molecule has 168 valence electrons. The van der Waals surface area contributed by atoms with E-state index >= 15 is 0 Å². The summed E-state index contributed by atoms with van der Waals surface area (Å²) >= 11 is 7.46. The first-order valence-electron chi connectivity index (χ1n) is 9.47. The minimum atomic E-state index is -0.530. The van der Waals surface area contributed by atoms with Crippen molar-refractivity contribution in [2.75, 3.05) is 39.7 Å². The van der Waals surface area contributed by atoms with Crippen molar-refractivity contribution in [1.82, 2.24) is 4.90 Å².